The van der Waals surface area contributed by atoms with Gasteiger partial charge in [0.05, 0.1) is 12.8 Å². The maximum absolute atomic E-state index is 12.0. The first kappa shape index (κ1) is 20.0. The fourth-order valence-corrected chi connectivity index (χ4v) is 3.41. The van der Waals surface area contributed by atoms with Crippen molar-refractivity contribution in [3.05, 3.63) is 40.6 Å². The summed E-state index contributed by atoms with van der Waals surface area (Å²) in [4.78, 5) is 27.6. The lowest BCUT2D eigenvalue weighted by atomic mass is 10.2. The van der Waals surface area contributed by atoms with Gasteiger partial charge in [-0.05, 0) is 39.3 Å². The summed E-state index contributed by atoms with van der Waals surface area (Å²) in [5, 5.41) is 6.17. The molecule has 0 bridgehead atoms. The van der Waals surface area contributed by atoms with E-state index in [1.54, 1.807) is 14.2 Å². The van der Waals surface area contributed by atoms with E-state index in [1.165, 1.54) is 0 Å². The molecule has 0 aliphatic carbocycles. The Morgan fingerprint density at radius 2 is 2.04 bits per heavy atom. The maximum atomic E-state index is 12.0. The van der Waals surface area contributed by atoms with Crippen molar-refractivity contribution in [3.63, 3.8) is 0 Å². The smallest absolute Gasteiger partial charge is 0.288 e. The summed E-state index contributed by atoms with van der Waals surface area (Å²) in [5.74, 6) is 1.58. The number of hydrogen-bond acceptors (Lipinski definition) is 7. The van der Waals surface area contributed by atoms with Crippen LogP contribution in [0, 0.1) is 20.8 Å². The summed E-state index contributed by atoms with van der Waals surface area (Å²) in [6, 6.07) is 4.21. The van der Waals surface area contributed by atoms with Gasteiger partial charge in [-0.3, -0.25) is 9.78 Å². The van der Waals surface area contributed by atoms with E-state index < -0.39 is 0 Å². The van der Waals surface area contributed by atoms with E-state index in [4.69, 9.17) is 4.74 Å². The van der Waals surface area contributed by atoms with E-state index in [9.17, 15) is 4.79 Å². The molecule has 150 valence electrons. The highest BCUT2D eigenvalue weighted by Crippen LogP contribution is 2.24. The van der Waals surface area contributed by atoms with Crippen LogP contribution in [0.4, 0.5) is 5.82 Å². The summed E-state index contributed by atoms with van der Waals surface area (Å²) >= 11 is 0. The van der Waals surface area contributed by atoms with Crippen molar-refractivity contribution in [2.24, 2.45) is 0 Å². The summed E-state index contributed by atoms with van der Waals surface area (Å²) < 4.78 is 5.41. The van der Waals surface area contributed by atoms with Gasteiger partial charge in [0.25, 0.3) is 5.91 Å². The molecule has 3 heterocycles. The van der Waals surface area contributed by atoms with Crippen LogP contribution >= 0.6 is 0 Å². The average Bonchev–Trinajstić information content (AvgIpc) is 3.16. The lowest BCUT2D eigenvalue weighted by Crippen LogP contribution is -2.33. The predicted octanol–water partition coefficient (Wildman–Crippen LogP) is 1.53. The van der Waals surface area contributed by atoms with E-state index in [-0.39, 0.29) is 11.7 Å². The van der Waals surface area contributed by atoms with Gasteiger partial charge in [0, 0.05) is 49.7 Å². The van der Waals surface area contributed by atoms with Crippen LogP contribution in [0.25, 0.3) is 0 Å². The van der Waals surface area contributed by atoms with Crippen molar-refractivity contribution >= 4 is 11.7 Å². The Labute approximate surface area is 165 Å². The van der Waals surface area contributed by atoms with Crippen molar-refractivity contribution in [1.82, 2.24) is 25.6 Å². The van der Waals surface area contributed by atoms with Gasteiger partial charge >= 0.3 is 0 Å². The summed E-state index contributed by atoms with van der Waals surface area (Å²) in [7, 11) is 3.25. The molecule has 1 atom stereocenters. The number of aromatic nitrogens is 3. The summed E-state index contributed by atoms with van der Waals surface area (Å²) in [6.45, 7) is 8.23. The fraction of sp³-hybridized carbons (Fsp3) is 0.500. The number of ether oxygens (including phenoxy) is 1. The average molecular weight is 384 g/mol. The molecular weight excluding hydrogens is 356 g/mol. The molecule has 0 radical (unpaired) electrons. The van der Waals surface area contributed by atoms with Crippen LogP contribution in [0.5, 0.6) is 5.75 Å². The molecule has 0 spiro atoms. The standard InChI is InChI=1S/C20H28N6O2/c1-12-6-7-17(28-5)16(23-12)10-22-15-8-9-26(11-15)19-13(2)14(3)24-18(25-19)20(27)21-4/h6-7,15,22H,8-11H2,1-5H3,(H,21,27)/t15-/m1/s1. The Hall–Kier alpha value is -2.74. The number of nitrogens with one attached hydrogen (secondary N) is 2. The number of amides is 1. The lowest BCUT2D eigenvalue weighted by molar-refractivity contribution is 0.0952. The largest absolute Gasteiger partial charge is 0.495 e. The zero-order valence-corrected chi connectivity index (χ0v) is 17.2. The van der Waals surface area contributed by atoms with Crippen molar-refractivity contribution in [1.29, 1.82) is 0 Å². The van der Waals surface area contributed by atoms with Crippen molar-refractivity contribution in [3.8, 4) is 5.75 Å². The van der Waals surface area contributed by atoms with Crippen molar-refractivity contribution < 1.29 is 9.53 Å². The summed E-state index contributed by atoms with van der Waals surface area (Å²) in [6.07, 6.45) is 0.992. The normalized spacial score (nSPS) is 16.3. The van der Waals surface area contributed by atoms with Crippen LogP contribution in [0.2, 0.25) is 0 Å². The molecule has 1 saturated heterocycles. The monoisotopic (exact) mass is 384 g/mol. The molecule has 8 heteroatoms. The van der Waals surface area contributed by atoms with Crippen molar-refractivity contribution in [2.75, 3.05) is 32.1 Å². The van der Waals surface area contributed by atoms with E-state index in [2.05, 4.69) is 30.5 Å². The van der Waals surface area contributed by atoms with Crippen LogP contribution in [0.1, 0.15) is 39.7 Å². The van der Waals surface area contributed by atoms with Gasteiger partial charge in [-0.25, -0.2) is 9.97 Å². The predicted molar refractivity (Wildman–Crippen MR) is 108 cm³/mol. The molecule has 2 aromatic heterocycles. The van der Waals surface area contributed by atoms with Crippen molar-refractivity contribution in [2.45, 2.75) is 39.8 Å². The van der Waals surface area contributed by atoms with E-state index in [0.29, 0.717) is 12.6 Å². The minimum Gasteiger partial charge on any atom is -0.495 e. The highest BCUT2D eigenvalue weighted by atomic mass is 16.5. The van der Waals surface area contributed by atoms with Gasteiger partial charge in [-0.1, -0.05) is 0 Å². The number of pyridine rings is 1. The molecule has 2 N–H and O–H groups in total. The number of methoxy groups -OCH3 is 1. The number of nitrogens with zero attached hydrogens (tertiary/aromatic N) is 4. The topological polar surface area (TPSA) is 92.3 Å². The molecule has 1 aliphatic rings. The first-order valence-corrected chi connectivity index (χ1v) is 9.49. The fourth-order valence-electron chi connectivity index (χ4n) is 3.41. The minimum atomic E-state index is -0.268. The number of carbonyl (C=O) groups excluding carboxylic acids is 1. The lowest BCUT2D eigenvalue weighted by Gasteiger charge is -2.21. The third-order valence-electron chi connectivity index (χ3n) is 5.13. The van der Waals surface area contributed by atoms with Crippen LogP contribution in [-0.2, 0) is 6.54 Å². The zero-order valence-electron chi connectivity index (χ0n) is 17.2. The second kappa shape index (κ2) is 8.52. The van der Waals surface area contributed by atoms with Gasteiger partial charge < -0.3 is 20.3 Å². The Bertz CT molecular complexity index is 870. The first-order valence-electron chi connectivity index (χ1n) is 9.49. The highest BCUT2D eigenvalue weighted by molar-refractivity contribution is 5.90. The maximum Gasteiger partial charge on any atom is 0.288 e. The van der Waals surface area contributed by atoms with E-state index in [1.807, 2.05) is 32.9 Å². The van der Waals surface area contributed by atoms with Gasteiger partial charge in [-0.15, -0.1) is 0 Å². The molecule has 1 aliphatic heterocycles. The van der Waals surface area contributed by atoms with Crippen LogP contribution in [0.3, 0.4) is 0 Å². The molecule has 0 saturated carbocycles. The molecule has 2 aromatic rings. The quantitative estimate of drug-likeness (QED) is 0.780. The molecule has 3 rings (SSSR count). The van der Waals surface area contributed by atoms with Gasteiger partial charge in [-0.2, -0.15) is 0 Å². The van der Waals surface area contributed by atoms with Gasteiger partial charge in [0.1, 0.15) is 11.6 Å². The minimum absolute atomic E-state index is 0.214. The van der Waals surface area contributed by atoms with Crippen LogP contribution < -0.4 is 20.3 Å². The Kier molecular flexibility index (Phi) is 6.08. The van der Waals surface area contributed by atoms with Gasteiger partial charge in [0.2, 0.25) is 5.82 Å². The van der Waals surface area contributed by atoms with Crippen LogP contribution in [0.15, 0.2) is 12.1 Å². The number of aryl methyl sites for hydroxylation is 2. The molecular formula is C20H28N6O2. The summed E-state index contributed by atoms with van der Waals surface area (Å²) in [5.41, 5.74) is 3.72. The molecule has 0 aromatic carbocycles. The number of rotatable bonds is 6. The third kappa shape index (κ3) is 4.22. The first-order chi connectivity index (χ1) is 13.4. The highest BCUT2D eigenvalue weighted by Gasteiger charge is 2.26. The number of anilines is 1. The second-order valence-corrected chi connectivity index (χ2v) is 7.07. The second-order valence-electron chi connectivity index (χ2n) is 7.07. The van der Waals surface area contributed by atoms with Crippen LogP contribution in [-0.4, -0.2) is 54.1 Å². The molecule has 28 heavy (non-hydrogen) atoms. The zero-order chi connectivity index (χ0) is 20.3. The Morgan fingerprint density at radius 1 is 1.25 bits per heavy atom. The van der Waals surface area contributed by atoms with E-state index >= 15 is 0 Å². The van der Waals surface area contributed by atoms with Gasteiger partial charge in [0.15, 0.2) is 0 Å². The Balaban J connectivity index is 1.70. The molecule has 8 nitrogen and oxygen atoms in total. The third-order valence-corrected chi connectivity index (χ3v) is 5.13. The number of carbonyl (C=O) groups is 1. The number of hydrogen-bond donors (Lipinski definition) is 2. The van der Waals surface area contributed by atoms with E-state index in [0.717, 1.165) is 53.7 Å². The Morgan fingerprint density at radius 3 is 2.75 bits per heavy atom. The molecule has 0 unspecified atom stereocenters. The molecule has 1 amide bonds. The SMILES string of the molecule is CNC(=O)c1nc(C)c(C)c(N2CC[C@@H](NCc3nc(C)ccc3OC)C2)n1. The molecule has 1 fully saturated rings.